The molecule has 1 aliphatic rings. The molecule has 1 aliphatic heterocycles. The van der Waals surface area contributed by atoms with Gasteiger partial charge in [-0.05, 0) is 66.8 Å². The van der Waals surface area contributed by atoms with Gasteiger partial charge in [0, 0.05) is 10.6 Å². The maximum atomic E-state index is 13.0. The molecule has 0 bridgehead atoms. The molecule has 1 saturated heterocycles. The van der Waals surface area contributed by atoms with Crippen molar-refractivity contribution >= 4 is 64.4 Å². The van der Waals surface area contributed by atoms with E-state index in [9.17, 15) is 14.4 Å². The summed E-state index contributed by atoms with van der Waals surface area (Å²) in [5.41, 5.74) is 0.886. The number of nitrogens with one attached hydrogen (secondary N) is 1. The third-order valence-electron chi connectivity index (χ3n) is 4.58. The van der Waals surface area contributed by atoms with Crippen LogP contribution in [0, 0.1) is 0 Å². The Bertz CT molecular complexity index is 1280. The predicted octanol–water partition coefficient (Wildman–Crippen LogP) is 4.66. The largest absolute Gasteiger partial charge is 0.457 e. The van der Waals surface area contributed by atoms with Gasteiger partial charge in [0.25, 0.3) is 11.8 Å². The molecule has 0 atom stereocenters. The maximum absolute atomic E-state index is 13.0. The van der Waals surface area contributed by atoms with Crippen molar-refractivity contribution in [3.05, 3.63) is 100 Å². The Kier molecular flexibility index (Phi) is 6.11. The molecule has 1 fully saturated rings. The second kappa shape index (κ2) is 9.13. The molecule has 0 unspecified atom stereocenters. The number of carbonyl (C=O) groups is 3. The SMILES string of the molecule is O=C1NC(=S)N(c2ccc(Cl)cc2)C(=O)C1=Cc1ccc(C=CC(=O)c2ccccc2)o1. The molecule has 4 rings (SSSR count). The summed E-state index contributed by atoms with van der Waals surface area (Å²) in [5.74, 6) is -0.711. The molecule has 1 N–H and O–H groups in total. The Morgan fingerprint density at radius 3 is 2.38 bits per heavy atom. The molecular weight excluding hydrogens is 448 g/mol. The molecule has 0 saturated carbocycles. The van der Waals surface area contributed by atoms with Gasteiger partial charge in [0.05, 0.1) is 5.69 Å². The lowest BCUT2D eigenvalue weighted by atomic mass is 10.1. The summed E-state index contributed by atoms with van der Waals surface area (Å²) >= 11 is 11.1. The van der Waals surface area contributed by atoms with Gasteiger partial charge >= 0.3 is 0 Å². The van der Waals surface area contributed by atoms with Crippen LogP contribution in [0.4, 0.5) is 5.69 Å². The number of hydrogen-bond donors (Lipinski definition) is 1. The minimum atomic E-state index is -0.627. The molecule has 8 heteroatoms. The first kappa shape index (κ1) is 21.4. The first-order valence-corrected chi connectivity index (χ1v) is 10.3. The third-order valence-corrected chi connectivity index (χ3v) is 5.11. The Hall–Kier alpha value is -3.81. The summed E-state index contributed by atoms with van der Waals surface area (Å²) in [5, 5.41) is 2.98. The number of ketones is 1. The molecule has 32 heavy (non-hydrogen) atoms. The van der Waals surface area contributed by atoms with Crippen LogP contribution in [0.3, 0.4) is 0 Å². The van der Waals surface area contributed by atoms with Crippen LogP contribution < -0.4 is 10.2 Å². The number of amides is 2. The van der Waals surface area contributed by atoms with Gasteiger partial charge < -0.3 is 4.42 Å². The number of furan rings is 1. The van der Waals surface area contributed by atoms with Crippen molar-refractivity contribution in [3.8, 4) is 0 Å². The van der Waals surface area contributed by atoms with E-state index in [1.165, 1.54) is 23.1 Å². The Balaban J connectivity index is 1.56. The van der Waals surface area contributed by atoms with E-state index in [2.05, 4.69) is 5.32 Å². The van der Waals surface area contributed by atoms with Crippen LogP contribution in [0.25, 0.3) is 12.2 Å². The number of benzene rings is 2. The molecule has 0 spiro atoms. The third kappa shape index (κ3) is 4.59. The second-order valence-electron chi connectivity index (χ2n) is 6.74. The first-order valence-electron chi connectivity index (χ1n) is 9.47. The lowest BCUT2D eigenvalue weighted by molar-refractivity contribution is -0.122. The Morgan fingerprint density at radius 2 is 1.66 bits per heavy atom. The van der Waals surface area contributed by atoms with E-state index < -0.39 is 11.8 Å². The standard InChI is InChI=1S/C24H15ClN2O4S/c25-16-6-8-17(9-7-16)27-23(30)20(22(29)26-24(27)32)14-19-11-10-18(31-19)12-13-21(28)15-4-2-1-3-5-15/h1-14H,(H,26,29,32). The van der Waals surface area contributed by atoms with E-state index in [1.54, 1.807) is 60.7 Å². The molecule has 0 aliphatic carbocycles. The highest BCUT2D eigenvalue weighted by Crippen LogP contribution is 2.24. The summed E-state index contributed by atoms with van der Waals surface area (Å²) in [6.45, 7) is 0. The highest BCUT2D eigenvalue weighted by Gasteiger charge is 2.34. The topological polar surface area (TPSA) is 79.6 Å². The summed E-state index contributed by atoms with van der Waals surface area (Å²) in [7, 11) is 0. The van der Waals surface area contributed by atoms with Gasteiger partial charge in [-0.2, -0.15) is 0 Å². The van der Waals surface area contributed by atoms with Gasteiger partial charge in [-0.3, -0.25) is 24.6 Å². The quantitative estimate of drug-likeness (QED) is 0.258. The van der Waals surface area contributed by atoms with E-state index in [1.807, 2.05) is 6.07 Å². The van der Waals surface area contributed by atoms with Crippen LogP contribution in [0.5, 0.6) is 0 Å². The van der Waals surface area contributed by atoms with Crippen molar-refractivity contribution in [1.29, 1.82) is 0 Å². The monoisotopic (exact) mass is 462 g/mol. The minimum absolute atomic E-state index is 0.0260. The van der Waals surface area contributed by atoms with E-state index in [-0.39, 0.29) is 22.2 Å². The molecule has 6 nitrogen and oxygen atoms in total. The molecule has 2 heterocycles. The van der Waals surface area contributed by atoms with Crippen LogP contribution in [0.2, 0.25) is 5.02 Å². The van der Waals surface area contributed by atoms with Crippen molar-refractivity contribution in [2.75, 3.05) is 4.90 Å². The number of anilines is 1. The fourth-order valence-corrected chi connectivity index (χ4v) is 3.42. The van der Waals surface area contributed by atoms with Crippen molar-refractivity contribution < 1.29 is 18.8 Å². The van der Waals surface area contributed by atoms with E-state index in [0.29, 0.717) is 22.0 Å². The fraction of sp³-hybridized carbons (Fsp3) is 0. The lowest BCUT2D eigenvalue weighted by Gasteiger charge is -2.28. The minimum Gasteiger partial charge on any atom is -0.457 e. The van der Waals surface area contributed by atoms with E-state index in [0.717, 1.165) is 0 Å². The normalized spacial score (nSPS) is 15.5. The van der Waals surface area contributed by atoms with Crippen LogP contribution in [-0.2, 0) is 9.59 Å². The number of rotatable bonds is 5. The van der Waals surface area contributed by atoms with Crippen LogP contribution in [-0.4, -0.2) is 22.7 Å². The van der Waals surface area contributed by atoms with E-state index >= 15 is 0 Å². The fourth-order valence-electron chi connectivity index (χ4n) is 3.02. The number of thiocarbonyl (C=S) groups is 1. The zero-order valence-corrected chi connectivity index (χ0v) is 18.0. The first-order chi connectivity index (χ1) is 15.4. The summed E-state index contributed by atoms with van der Waals surface area (Å²) in [4.78, 5) is 38.8. The molecule has 158 valence electrons. The second-order valence-corrected chi connectivity index (χ2v) is 7.56. The number of allylic oxidation sites excluding steroid dienone is 1. The molecular formula is C24H15ClN2O4S. The lowest BCUT2D eigenvalue weighted by Crippen LogP contribution is -2.54. The maximum Gasteiger partial charge on any atom is 0.270 e. The number of carbonyl (C=O) groups excluding carboxylic acids is 3. The number of halogens is 1. The van der Waals surface area contributed by atoms with E-state index in [4.69, 9.17) is 28.2 Å². The Morgan fingerprint density at radius 1 is 0.969 bits per heavy atom. The van der Waals surface area contributed by atoms with Crippen molar-refractivity contribution in [3.63, 3.8) is 0 Å². The van der Waals surface area contributed by atoms with Crippen molar-refractivity contribution in [2.24, 2.45) is 0 Å². The zero-order chi connectivity index (χ0) is 22.7. The van der Waals surface area contributed by atoms with Gasteiger partial charge in [0.1, 0.15) is 17.1 Å². The smallest absolute Gasteiger partial charge is 0.270 e. The molecule has 3 aromatic rings. The molecule has 0 radical (unpaired) electrons. The van der Waals surface area contributed by atoms with Gasteiger partial charge in [0.15, 0.2) is 10.9 Å². The van der Waals surface area contributed by atoms with Crippen LogP contribution in [0.1, 0.15) is 21.9 Å². The van der Waals surface area contributed by atoms with Gasteiger partial charge in [-0.15, -0.1) is 0 Å². The summed E-state index contributed by atoms with van der Waals surface area (Å²) in [6.07, 6.45) is 4.25. The highest BCUT2D eigenvalue weighted by molar-refractivity contribution is 7.80. The predicted molar refractivity (Wildman–Crippen MR) is 126 cm³/mol. The van der Waals surface area contributed by atoms with Crippen LogP contribution in [0.15, 0.2) is 82.8 Å². The number of hydrogen-bond acceptors (Lipinski definition) is 5. The highest BCUT2D eigenvalue weighted by atomic mass is 35.5. The van der Waals surface area contributed by atoms with Gasteiger partial charge in [-0.25, -0.2) is 0 Å². The summed E-state index contributed by atoms with van der Waals surface area (Å²) in [6, 6.07) is 18.5. The average molecular weight is 463 g/mol. The van der Waals surface area contributed by atoms with Gasteiger partial charge in [0.2, 0.25) is 0 Å². The molecule has 2 amide bonds. The van der Waals surface area contributed by atoms with Crippen molar-refractivity contribution in [1.82, 2.24) is 5.32 Å². The van der Waals surface area contributed by atoms with Gasteiger partial charge in [-0.1, -0.05) is 41.9 Å². The Labute approximate surface area is 193 Å². The molecule has 2 aromatic carbocycles. The molecule has 1 aromatic heterocycles. The summed E-state index contributed by atoms with van der Waals surface area (Å²) < 4.78 is 5.64. The van der Waals surface area contributed by atoms with Crippen molar-refractivity contribution in [2.45, 2.75) is 0 Å². The number of nitrogens with zero attached hydrogens (tertiary/aromatic N) is 1. The van der Waals surface area contributed by atoms with Crippen LogP contribution >= 0.6 is 23.8 Å². The zero-order valence-electron chi connectivity index (χ0n) is 16.4. The average Bonchev–Trinajstić information content (AvgIpc) is 3.24.